The summed E-state index contributed by atoms with van der Waals surface area (Å²) in [5, 5.41) is 17.8. The predicted octanol–water partition coefficient (Wildman–Crippen LogP) is 4.19. The molecule has 29 heavy (non-hydrogen) atoms. The Morgan fingerprint density at radius 2 is 2.07 bits per heavy atom. The Balaban J connectivity index is 0.00000300. The lowest BCUT2D eigenvalue weighted by molar-refractivity contribution is 0.0737. The number of carbonyl (C=O) groups is 2. The third kappa shape index (κ3) is 5.96. The molecule has 1 fully saturated rings. The van der Waals surface area contributed by atoms with Gasteiger partial charge in [0.1, 0.15) is 0 Å². The minimum atomic E-state index is -1.21. The van der Waals surface area contributed by atoms with Crippen molar-refractivity contribution in [1.82, 2.24) is 15.5 Å². The maximum absolute atomic E-state index is 12.6. The van der Waals surface area contributed by atoms with E-state index in [2.05, 4.69) is 34.9 Å². The fourth-order valence-corrected chi connectivity index (χ4v) is 5.42. The number of halogens is 1. The zero-order valence-corrected chi connectivity index (χ0v) is 18.8. The average Bonchev–Trinajstić information content (AvgIpc) is 3.34. The molecule has 0 unspecified atom stereocenters. The number of hydrogen-bond donors (Lipinski definition) is 3. The summed E-state index contributed by atoms with van der Waals surface area (Å²) in [6.45, 7) is 3.42. The number of carbonyl (C=O) groups excluding carboxylic acids is 1. The van der Waals surface area contributed by atoms with Gasteiger partial charge in [-0.1, -0.05) is 30.3 Å². The summed E-state index contributed by atoms with van der Waals surface area (Å²) in [5.74, 6) is -0.454. The SMILES string of the molecule is CNCc1ccc([C@@H]2C[C@H](S[C@@H](C)N(C(=O)O)C(=O)c3cccs3)CN2)cc1.Cl. The first-order valence-corrected chi connectivity index (χ1v) is 11.0. The predicted molar refractivity (Wildman–Crippen MR) is 121 cm³/mol. The zero-order valence-electron chi connectivity index (χ0n) is 16.3. The first-order chi connectivity index (χ1) is 13.5. The van der Waals surface area contributed by atoms with E-state index in [-0.39, 0.29) is 23.7 Å². The summed E-state index contributed by atoms with van der Waals surface area (Å²) in [4.78, 5) is 25.6. The van der Waals surface area contributed by atoms with Crippen LogP contribution in [0.4, 0.5) is 4.79 Å². The number of thiophene rings is 1. The van der Waals surface area contributed by atoms with Crippen molar-refractivity contribution in [2.24, 2.45) is 0 Å². The number of benzene rings is 1. The van der Waals surface area contributed by atoms with E-state index < -0.39 is 17.4 Å². The summed E-state index contributed by atoms with van der Waals surface area (Å²) in [6, 6.07) is 12.2. The average molecular weight is 456 g/mol. The second-order valence-electron chi connectivity index (χ2n) is 6.76. The van der Waals surface area contributed by atoms with Crippen LogP contribution in [0.15, 0.2) is 41.8 Å². The standard InChI is InChI=1S/C20H25N3O3S2.ClH/c1-13(23(20(25)26)19(24)18-4-3-9-27-18)28-16-10-17(22-12-16)15-7-5-14(6-8-15)11-21-2;/h3-9,13,16-17,21-22H,10-12H2,1-2H3,(H,25,26);1H/t13-,16-,17-;/m0./s1. The maximum Gasteiger partial charge on any atom is 0.415 e. The molecule has 0 spiro atoms. The fourth-order valence-electron chi connectivity index (χ4n) is 3.40. The second kappa shape index (κ2) is 11.0. The molecule has 1 saturated heterocycles. The topological polar surface area (TPSA) is 81.7 Å². The van der Waals surface area contributed by atoms with E-state index in [1.807, 2.05) is 7.05 Å². The Labute approximate surface area is 185 Å². The van der Waals surface area contributed by atoms with Crippen molar-refractivity contribution >= 4 is 47.5 Å². The summed E-state index contributed by atoms with van der Waals surface area (Å²) >= 11 is 2.79. The lowest BCUT2D eigenvalue weighted by Crippen LogP contribution is -2.41. The van der Waals surface area contributed by atoms with Gasteiger partial charge in [-0.05, 0) is 43.0 Å². The van der Waals surface area contributed by atoms with Crippen LogP contribution in [0, 0.1) is 0 Å². The summed E-state index contributed by atoms with van der Waals surface area (Å²) in [5.41, 5.74) is 2.48. The van der Waals surface area contributed by atoms with E-state index in [1.54, 1.807) is 24.4 Å². The van der Waals surface area contributed by atoms with E-state index in [0.29, 0.717) is 4.88 Å². The highest BCUT2D eigenvalue weighted by Crippen LogP contribution is 2.34. The van der Waals surface area contributed by atoms with Crippen LogP contribution < -0.4 is 10.6 Å². The van der Waals surface area contributed by atoms with Crippen LogP contribution in [0.25, 0.3) is 0 Å². The van der Waals surface area contributed by atoms with Crippen LogP contribution in [0.1, 0.15) is 40.2 Å². The van der Waals surface area contributed by atoms with Gasteiger partial charge < -0.3 is 15.7 Å². The van der Waals surface area contributed by atoms with Gasteiger partial charge in [-0.15, -0.1) is 35.5 Å². The van der Waals surface area contributed by atoms with Gasteiger partial charge in [0.15, 0.2) is 0 Å². The molecule has 3 rings (SSSR count). The Hall–Kier alpha value is -1.58. The van der Waals surface area contributed by atoms with Gasteiger partial charge in [0.25, 0.3) is 5.91 Å². The quantitative estimate of drug-likeness (QED) is 0.543. The first kappa shape index (κ1) is 23.7. The van der Waals surface area contributed by atoms with Crippen LogP contribution in [0.2, 0.25) is 0 Å². The van der Waals surface area contributed by atoms with Gasteiger partial charge in [0, 0.05) is 24.4 Å². The molecule has 0 radical (unpaired) electrons. The molecular weight excluding hydrogens is 430 g/mol. The molecule has 1 aromatic heterocycles. The van der Waals surface area contributed by atoms with Crippen molar-refractivity contribution in [3.8, 4) is 0 Å². The number of carboxylic acid groups (broad SMARTS) is 1. The number of imide groups is 1. The molecule has 1 aromatic carbocycles. The summed E-state index contributed by atoms with van der Waals surface area (Å²) in [6.07, 6.45) is -0.304. The van der Waals surface area contributed by atoms with Crippen LogP contribution in [0.5, 0.6) is 0 Å². The lowest BCUT2D eigenvalue weighted by atomic mass is 10.0. The molecule has 2 heterocycles. The van der Waals surface area contributed by atoms with Gasteiger partial charge in [0.2, 0.25) is 0 Å². The minimum absolute atomic E-state index is 0. The Morgan fingerprint density at radius 1 is 1.34 bits per heavy atom. The molecule has 1 aliphatic heterocycles. The number of thioether (sulfide) groups is 1. The molecule has 6 nitrogen and oxygen atoms in total. The normalized spacial score (nSPS) is 19.4. The molecule has 2 aromatic rings. The first-order valence-electron chi connectivity index (χ1n) is 9.22. The van der Waals surface area contributed by atoms with Gasteiger partial charge >= 0.3 is 6.09 Å². The van der Waals surface area contributed by atoms with Crippen LogP contribution in [-0.2, 0) is 6.54 Å². The highest BCUT2D eigenvalue weighted by Gasteiger charge is 2.33. The van der Waals surface area contributed by atoms with E-state index in [4.69, 9.17) is 0 Å². The molecule has 0 bridgehead atoms. The summed E-state index contributed by atoms with van der Waals surface area (Å²) < 4.78 is 0. The largest absolute Gasteiger partial charge is 0.465 e. The second-order valence-corrected chi connectivity index (χ2v) is 9.33. The molecule has 2 amide bonds. The zero-order chi connectivity index (χ0) is 20.1. The van der Waals surface area contributed by atoms with Gasteiger partial charge in [-0.2, -0.15) is 0 Å². The minimum Gasteiger partial charge on any atom is -0.465 e. The number of rotatable bonds is 7. The Bertz CT molecular complexity index is 802. The molecule has 3 N–H and O–H groups in total. The lowest BCUT2D eigenvalue weighted by Gasteiger charge is -2.25. The number of amides is 2. The molecule has 158 valence electrons. The van der Waals surface area contributed by atoms with Crippen molar-refractivity contribution in [2.75, 3.05) is 13.6 Å². The number of hydrogen-bond acceptors (Lipinski definition) is 6. The van der Waals surface area contributed by atoms with Crippen LogP contribution in [0.3, 0.4) is 0 Å². The van der Waals surface area contributed by atoms with Crippen LogP contribution in [-0.4, -0.2) is 46.2 Å². The van der Waals surface area contributed by atoms with Crippen LogP contribution >= 0.6 is 35.5 Å². The molecule has 9 heteroatoms. The molecule has 1 aliphatic rings. The van der Waals surface area contributed by atoms with Crippen molar-refractivity contribution in [3.63, 3.8) is 0 Å². The molecule has 3 atom stereocenters. The third-order valence-corrected chi connectivity index (χ3v) is 6.97. The van der Waals surface area contributed by atoms with Crippen molar-refractivity contribution in [2.45, 2.75) is 36.6 Å². The van der Waals surface area contributed by atoms with Crippen molar-refractivity contribution in [1.29, 1.82) is 0 Å². The van der Waals surface area contributed by atoms with E-state index >= 15 is 0 Å². The smallest absolute Gasteiger partial charge is 0.415 e. The van der Waals surface area contributed by atoms with Crippen molar-refractivity contribution < 1.29 is 14.7 Å². The van der Waals surface area contributed by atoms with E-state index in [9.17, 15) is 14.7 Å². The molecule has 0 aliphatic carbocycles. The van der Waals surface area contributed by atoms with Gasteiger partial charge in [-0.3, -0.25) is 4.79 Å². The molecule has 0 saturated carbocycles. The third-order valence-electron chi connectivity index (χ3n) is 4.76. The van der Waals surface area contributed by atoms with Gasteiger partial charge in [-0.25, -0.2) is 9.69 Å². The number of nitrogens with zero attached hydrogens (tertiary/aromatic N) is 1. The fraction of sp³-hybridized carbons (Fsp3) is 0.400. The Morgan fingerprint density at radius 3 is 2.66 bits per heavy atom. The van der Waals surface area contributed by atoms with E-state index in [1.165, 1.54) is 34.2 Å². The van der Waals surface area contributed by atoms with Gasteiger partial charge in [0.05, 0.1) is 10.3 Å². The molecular formula is C20H26ClN3O3S2. The highest BCUT2D eigenvalue weighted by atomic mass is 35.5. The highest BCUT2D eigenvalue weighted by molar-refractivity contribution is 8.00. The monoisotopic (exact) mass is 455 g/mol. The number of nitrogens with one attached hydrogen (secondary N) is 2. The maximum atomic E-state index is 12.6. The van der Waals surface area contributed by atoms with E-state index in [0.717, 1.165) is 24.4 Å². The van der Waals surface area contributed by atoms with Crippen molar-refractivity contribution in [3.05, 3.63) is 57.8 Å². The summed E-state index contributed by atoms with van der Waals surface area (Å²) in [7, 11) is 1.93. The Kier molecular flexibility index (Phi) is 8.98.